The molecule has 0 radical (unpaired) electrons. The fraction of sp³-hybridized carbons (Fsp3) is 0.400. The van der Waals surface area contributed by atoms with Crippen LogP contribution in [0, 0.1) is 0 Å². The Labute approximate surface area is 83.1 Å². The largest absolute Gasteiger partial charge is 0.293 e. The van der Waals surface area contributed by atoms with Crippen molar-refractivity contribution in [1.82, 2.24) is 10.6 Å². The van der Waals surface area contributed by atoms with E-state index < -0.39 is 0 Å². The van der Waals surface area contributed by atoms with E-state index in [1.165, 1.54) is 11.3 Å². The van der Waals surface area contributed by atoms with Gasteiger partial charge >= 0.3 is 0 Å². The third kappa shape index (κ3) is 2.72. The van der Waals surface area contributed by atoms with Gasteiger partial charge in [-0.1, -0.05) is 30.0 Å². The maximum absolute atomic E-state index is 3.42. The van der Waals surface area contributed by atoms with Crippen molar-refractivity contribution >= 4 is 11.8 Å². The van der Waals surface area contributed by atoms with Crippen molar-refractivity contribution in [2.45, 2.75) is 16.8 Å². The van der Waals surface area contributed by atoms with Crippen LogP contribution < -0.4 is 10.6 Å². The molecule has 1 aliphatic rings. The molecule has 0 bridgehead atoms. The number of benzene rings is 1. The van der Waals surface area contributed by atoms with Crippen LogP contribution in [-0.2, 0) is 0 Å². The molecule has 0 saturated carbocycles. The smallest absolute Gasteiger partial charge is 0.110 e. The maximum atomic E-state index is 3.42. The lowest BCUT2D eigenvalue weighted by molar-refractivity contribution is 0.464. The van der Waals surface area contributed by atoms with Gasteiger partial charge < -0.3 is 0 Å². The first kappa shape index (κ1) is 9.06. The number of hydrogen-bond acceptors (Lipinski definition) is 3. The van der Waals surface area contributed by atoms with Crippen LogP contribution in [0.3, 0.4) is 0 Å². The third-order valence-corrected chi connectivity index (χ3v) is 3.12. The van der Waals surface area contributed by atoms with E-state index in [0.717, 1.165) is 13.1 Å². The zero-order valence-corrected chi connectivity index (χ0v) is 8.31. The van der Waals surface area contributed by atoms with Crippen LogP contribution in [0.15, 0.2) is 35.2 Å². The highest BCUT2D eigenvalue weighted by Gasteiger charge is 2.11. The zero-order valence-electron chi connectivity index (χ0n) is 7.49. The summed E-state index contributed by atoms with van der Waals surface area (Å²) in [6.07, 6.45) is 1.23. The van der Waals surface area contributed by atoms with Crippen LogP contribution in [0.4, 0.5) is 0 Å². The molecular weight excluding hydrogens is 180 g/mol. The Hall–Kier alpha value is -0.510. The minimum Gasteiger partial charge on any atom is -0.293 e. The van der Waals surface area contributed by atoms with Gasteiger partial charge in [0.15, 0.2) is 0 Å². The van der Waals surface area contributed by atoms with Crippen molar-refractivity contribution in [2.24, 2.45) is 0 Å². The molecule has 3 heteroatoms. The lowest BCUT2D eigenvalue weighted by Gasteiger charge is -2.24. The molecule has 2 rings (SSSR count). The zero-order chi connectivity index (χ0) is 8.93. The maximum Gasteiger partial charge on any atom is 0.110 e. The Morgan fingerprint density at radius 2 is 1.77 bits per heavy atom. The molecule has 0 atom stereocenters. The molecule has 0 aromatic heterocycles. The van der Waals surface area contributed by atoms with E-state index in [1.54, 1.807) is 0 Å². The van der Waals surface area contributed by atoms with Crippen molar-refractivity contribution in [3.63, 3.8) is 0 Å². The topological polar surface area (TPSA) is 24.1 Å². The highest BCUT2D eigenvalue weighted by atomic mass is 32.2. The Bertz CT molecular complexity index is 244. The number of thioether (sulfide) groups is 1. The number of rotatable bonds is 2. The SMILES string of the molecule is c1ccc(SC2NCCCN2)cc1. The average molecular weight is 194 g/mol. The molecular formula is C10H14N2S. The quantitative estimate of drug-likeness (QED) is 0.748. The second-order valence-electron chi connectivity index (χ2n) is 3.07. The first-order valence-electron chi connectivity index (χ1n) is 4.63. The predicted molar refractivity (Wildman–Crippen MR) is 56.7 cm³/mol. The molecule has 0 unspecified atom stereocenters. The van der Waals surface area contributed by atoms with Gasteiger partial charge in [0.2, 0.25) is 0 Å². The molecule has 70 valence electrons. The Morgan fingerprint density at radius 3 is 2.46 bits per heavy atom. The van der Waals surface area contributed by atoms with E-state index >= 15 is 0 Å². The predicted octanol–water partition coefficient (Wildman–Crippen LogP) is 1.65. The summed E-state index contributed by atoms with van der Waals surface area (Å²) < 4.78 is 0. The summed E-state index contributed by atoms with van der Waals surface area (Å²) in [6.45, 7) is 2.25. The summed E-state index contributed by atoms with van der Waals surface area (Å²) in [4.78, 5) is 1.31. The van der Waals surface area contributed by atoms with Gasteiger partial charge in [-0.2, -0.15) is 0 Å². The summed E-state index contributed by atoms with van der Waals surface area (Å²) in [5.74, 6) is 0. The molecule has 1 saturated heterocycles. The summed E-state index contributed by atoms with van der Waals surface area (Å²) in [6, 6.07) is 10.5. The first-order valence-corrected chi connectivity index (χ1v) is 5.51. The fourth-order valence-electron chi connectivity index (χ4n) is 1.35. The minimum absolute atomic E-state index is 0.385. The average Bonchev–Trinajstić information content (AvgIpc) is 2.21. The second-order valence-corrected chi connectivity index (χ2v) is 4.25. The Balaban J connectivity index is 1.90. The summed E-state index contributed by atoms with van der Waals surface area (Å²) in [5, 5.41) is 6.84. The molecule has 2 N–H and O–H groups in total. The second kappa shape index (κ2) is 4.65. The van der Waals surface area contributed by atoms with Gasteiger partial charge in [0.25, 0.3) is 0 Å². The normalized spacial score (nSPS) is 18.8. The van der Waals surface area contributed by atoms with Crippen molar-refractivity contribution in [3.05, 3.63) is 30.3 Å². The molecule has 1 heterocycles. The lowest BCUT2D eigenvalue weighted by Crippen LogP contribution is -2.45. The Morgan fingerprint density at radius 1 is 1.08 bits per heavy atom. The third-order valence-electron chi connectivity index (χ3n) is 2.01. The molecule has 0 amide bonds. The van der Waals surface area contributed by atoms with Gasteiger partial charge in [-0.25, -0.2) is 0 Å². The lowest BCUT2D eigenvalue weighted by atomic mass is 10.4. The Kier molecular flexibility index (Phi) is 3.24. The van der Waals surface area contributed by atoms with Crippen LogP contribution in [0.5, 0.6) is 0 Å². The molecule has 0 aliphatic carbocycles. The van der Waals surface area contributed by atoms with Gasteiger partial charge in [-0.05, 0) is 31.6 Å². The van der Waals surface area contributed by atoms with Gasteiger partial charge in [-0.3, -0.25) is 10.6 Å². The van der Waals surface area contributed by atoms with Crippen molar-refractivity contribution in [3.8, 4) is 0 Å². The number of nitrogens with one attached hydrogen (secondary N) is 2. The van der Waals surface area contributed by atoms with Crippen molar-refractivity contribution in [1.29, 1.82) is 0 Å². The van der Waals surface area contributed by atoms with Crippen LogP contribution >= 0.6 is 11.8 Å². The van der Waals surface area contributed by atoms with Gasteiger partial charge in [0, 0.05) is 4.90 Å². The molecule has 1 aromatic carbocycles. The minimum atomic E-state index is 0.385. The highest BCUT2D eigenvalue weighted by Crippen LogP contribution is 2.20. The van der Waals surface area contributed by atoms with Crippen molar-refractivity contribution in [2.75, 3.05) is 13.1 Å². The van der Waals surface area contributed by atoms with Gasteiger partial charge in [0.05, 0.1) is 0 Å². The highest BCUT2D eigenvalue weighted by molar-refractivity contribution is 7.99. The fourth-order valence-corrected chi connectivity index (χ4v) is 2.33. The number of hydrogen-bond donors (Lipinski definition) is 2. The van der Waals surface area contributed by atoms with E-state index in [0.29, 0.717) is 5.50 Å². The van der Waals surface area contributed by atoms with Gasteiger partial charge in [0.1, 0.15) is 5.50 Å². The van der Waals surface area contributed by atoms with E-state index in [9.17, 15) is 0 Å². The van der Waals surface area contributed by atoms with E-state index in [1.807, 2.05) is 17.8 Å². The van der Waals surface area contributed by atoms with Crippen LogP contribution in [-0.4, -0.2) is 18.6 Å². The van der Waals surface area contributed by atoms with E-state index in [-0.39, 0.29) is 0 Å². The molecule has 1 aromatic rings. The molecule has 2 nitrogen and oxygen atoms in total. The van der Waals surface area contributed by atoms with Crippen LogP contribution in [0.25, 0.3) is 0 Å². The van der Waals surface area contributed by atoms with Crippen LogP contribution in [0.2, 0.25) is 0 Å². The van der Waals surface area contributed by atoms with E-state index in [2.05, 4.69) is 34.9 Å². The molecule has 1 fully saturated rings. The van der Waals surface area contributed by atoms with Crippen LogP contribution in [0.1, 0.15) is 6.42 Å². The molecule has 1 aliphatic heterocycles. The summed E-state index contributed by atoms with van der Waals surface area (Å²) in [5.41, 5.74) is 0.385. The summed E-state index contributed by atoms with van der Waals surface area (Å²) in [7, 11) is 0. The standard InChI is InChI=1S/C10H14N2S/c1-2-5-9(6-3-1)13-10-11-7-4-8-12-10/h1-3,5-6,10-12H,4,7-8H2. The molecule has 0 spiro atoms. The first-order chi connectivity index (χ1) is 6.45. The monoisotopic (exact) mass is 194 g/mol. The van der Waals surface area contributed by atoms with E-state index in [4.69, 9.17) is 0 Å². The van der Waals surface area contributed by atoms with Crippen molar-refractivity contribution < 1.29 is 0 Å². The summed E-state index contributed by atoms with van der Waals surface area (Å²) >= 11 is 1.84. The van der Waals surface area contributed by atoms with Gasteiger partial charge in [-0.15, -0.1) is 0 Å². The molecule has 13 heavy (non-hydrogen) atoms.